The van der Waals surface area contributed by atoms with Crippen LogP contribution in [-0.2, 0) is 11.3 Å². The largest absolute Gasteiger partial charge is 0.305 e. The summed E-state index contributed by atoms with van der Waals surface area (Å²) in [5.41, 5.74) is 1.46. The molecule has 2 heterocycles. The minimum atomic E-state index is -0.592. The molecule has 1 aliphatic rings. The maximum absolute atomic E-state index is 12.5. The Balaban J connectivity index is 1.68. The molecule has 4 rings (SSSR count). The molecule has 0 spiro atoms. The molecule has 8 heteroatoms. The van der Waals surface area contributed by atoms with Crippen LogP contribution in [0.15, 0.2) is 51.9 Å². The minimum absolute atomic E-state index is 0.251. The average molecular weight is 454 g/mol. The molecule has 0 atom stereocenters. The maximum atomic E-state index is 12.5. The van der Waals surface area contributed by atoms with E-state index in [2.05, 4.69) is 26.8 Å². The van der Waals surface area contributed by atoms with Gasteiger partial charge in [0.25, 0.3) is 17.7 Å². The average Bonchev–Trinajstić information content (AvgIpc) is 3.12. The Labute approximate surface area is 172 Å². The number of halogens is 1. The van der Waals surface area contributed by atoms with Crippen LogP contribution in [0.5, 0.6) is 0 Å². The highest BCUT2D eigenvalue weighted by atomic mass is 79.9. The van der Waals surface area contributed by atoms with E-state index < -0.39 is 24.3 Å². The van der Waals surface area contributed by atoms with Crippen molar-refractivity contribution in [3.8, 4) is 12.3 Å². The van der Waals surface area contributed by atoms with Crippen molar-refractivity contribution < 1.29 is 14.4 Å². The SMILES string of the molecule is C#CCn1c(=NC(=O)CN2C(=O)c3ccccc3C2=O)sc2cc(Br)ccc21. The van der Waals surface area contributed by atoms with Crippen molar-refractivity contribution in [2.45, 2.75) is 6.54 Å². The summed E-state index contributed by atoms with van der Waals surface area (Å²) in [7, 11) is 0. The van der Waals surface area contributed by atoms with Gasteiger partial charge >= 0.3 is 0 Å². The molecular weight excluding hydrogens is 442 g/mol. The molecule has 0 N–H and O–H groups in total. The Bertz CT molecular complexity index is 1230. The Morgan fingerprint density at radius 2 is 1.82 bits per heavy atom. The lowest BCUT2D eigenvalue weighted by Gasteiger charge is -2.10. The van der Waals surface area contributed by atoms with E-state index in [0.717, 1.165) is 19.6 Å². The second-order valence-electron chi connectivity index (χ2n) is 6.03. The molecule has 0 saturated carbocycles. The summed E-state index contributed by atoms with van der Waals surface area (Å²) in [4.78, 5) is 42.8. The summed E-state index contributed by atoms with van der Waals surface area (Å²) in [6.07, 6.45) is 5.46. The Hall–Kier alpha value is -3.02. The molecule has 0 bridgehead atoms. The minimum Gasteiger partial charge on any atom is -0.305 e. The van der Waals surface area contributed by atoms with Gasteiger partial charge in [-0.15, -0.1) is 6.42 Å². The summed E-state index contributed by atoms with van der Waals surface area (Å²) < 4.78 is 3.57. The molecule has 1 aromatic heterocycles. The number of hydrogen-bond donors (Lipinski definition) is 0. The van der Waals surface area contributed by atoms with Crippen molar-refractivity contribution in [3.05, 3.63) is 62.9 Å². The smallest absolute Gasteiger partial charge is 0.268 e. The van der Waals surface area contributed by atoms with Gasteiger partial charge in [0.05, 0.1) is 27.9 Å². The number of thiazole rings is 1. The fourth-order valence-electron chi connectivity index (χ4n) is 3.04. The monoisotopic (exact) mass is 453 g/mol. The van der Waals surface area contributed by atoms with E-state index in [-0.39, 0.29) is 6.54 Å². The highest BCUT2D eigenvalue weighted by Crippen LogP contribution is 2.23. The lowest BCUT2D eigenvalue weighted by atomic mass is 10.1. The van der Waals surface area contributed by atoms with Gasteiger partial charge in [0.1, 0.15) is 6.54 Å². The predicted molar refractivity (Wildman–Crippen MR) is 109 cm³/mol. The van der Waals surface area contributed by atoms with Crippen LogP contribution in [0.2, 0.25) is 0 Å². The van der Waals surface area contributed by atoms with Gasteiger partial charge in [-0.1, -0.05) is 45.3 Å². The number of fused-ring (bicyclic) bond motifs is 2. The molecule has 0 aliphatic carbocycles. The Morgan fingerprint density at radius 3 is 2.46 bits per heavy atom. The normalized spacial score (nSPS) is 13.9. The van der Waals surface area contributed by atoms with Gasteiger partial charge in [-0.2, -0.15) is 4.99 Å². The molecule has 3 aromatic rings. The van der Waals surface area contributed by atoms with E-state index in [0.29, 0.717) is 15.9 Å². The van der Waals surface area contributed by atoms with Gasteiger partial charge in [-0.25, -0.2) is 0 Å². The second-order valence-corrected chi connectivity index (χ2v) is 7.96. The van der Waals surface area contributed by atoms with Crippen LogP contribution in [0.25, 0.3) is 10.2 Å². The molecule has 1 aliphatic heterocycles. The number of carbonyl (C=O) groups excluding carboxylic acids is 3. The third kappa shape index (κ3) is 3.09. The van der Waals surface area contributed by atoms with Gasteiger partial charge in [-0.05, 0) is 30.3 Å². The van der Waals surface area contributed by atoms with Gasteiger partial charge in [0.2, 0.25) is 0 Å². The number of amides is 3. The first-order valence-electron chi connectivity index (χ1n) is 8.24. The number of rotatable bonds is 3. The van der Waals surface area contributed by atoms with E-state index in [9.17, 15) is 14.4 Å². The summed E-state index contributed by atoms with van der Waals surface area (Å²) in [6.45, 7) is -0.166. The zero-order valence-electron chi connectivity index (χ0n) is 14.4. The van der Waals surface area contributed by atoms with Gasteiger partial charge in [0, 0.05) is 4.47 Å². The van der Waals surface area contributed by atoms with E-state index in [1.165, 1.54) is 11.3 Å². The molecule has 0 unspecified atom stereocenters. The van der Waals surface area contributed by atoms with Crippen LogP contribution >= 0.6 is 27.3 Å². The van der Waals surface area contributed by atoms with Gasteiger partial charge in [0.15, 0.2) is 4.80 Å². The molecule has 0 saturated heterocycles. The van der Waals surface area contributed by atoms with Crippen LogP contribution in [0.3, 0.4) is 0 Å². The van der Waals surface area contributed by atoms with Crippen molar-refractivity contribution in [1.29, 1.82) is 0 Å². The zero-order chi connectivity index (χ0) is 19.8. The lowest BCUT2D eigenvalue weighted by molar-refractivity contribution is -0.118. The molecule has 3 amide bonds. The summed E-state index contributed by atoms with van der Waals surface area (Å²) >= 11 is 4.73. The van der Waals surface area contributed by atoms with Crippen molar-refractivity contribution >= 4 is 55.2 Å². The Morgan fingerprint density at radius 1 is 1.14 bits per heavy atom. The quantitative estimate of drug-likeness (QED) is 0.452. The standard InChI is InChI=1S/C20H12BrN3O3S/c1-2-9-23-15-8-7-12(21)10-16(15)28-20(23)22-17(25)11-24-18(26)13-5-3-4-6-14(13)19(24)27/h1,3-8,10H,9,11H2. The zero-order valence-corrected chi connectivity index (χ0v) is 16.8. The second kappa shape index (κ2) is 7.19. The van der Waals surface area contributed by atoms with Gasteiger partial charge in [-0.3, -0.25) is 19.3 Å². The van der Waals surface area contributed by atoms with Crippen LogP contribution < -0.4 is 4.80 Å². The maximum Gasteiger partial charge on any atom is 0.268 e. The van der Waals surface area contributed by atoms with E-state index in [1.54, 1.807) is 28.8 Å². The third-order valence-corrected chi connectivity index (χ3v) is 5.82. The number of carbonyl (C=O) groups is 3. The Kier molecular flexibility index (Phi) is 4.71. The number of nitrogens with zero attached hydrogens (tertiary/aromatic N) is 3. The van der Waals surface area contributed by atoms with Crippen LogP contribution in [0, 0.1) is 12.3 Å². The number of aromatic nitrogens is 1. The first kappa shape index (κ1) is 18.3. The summed E-state index contributed by atoms with van der Waals surface area (Å²) in [5.74, 6) is 0.995. The molecule has 2 aromatic carbocycles. The number of benzene rings is 2. The molecule has 28 heavy (non-hydrogen) atoms. The van der Waals surface area contributed by atoms with Gasteiger partial charge < -0.3 is 4.57 Å². The predicted octanol–water partition coefficient (Wildman–Crippen LogP) is 2.82. The molecular formula is C20H12BrN3O3S. The highest BCUT2D eigenvalue weighted by molar-refractivity contribution is 9.10. The first-order valence-corrected chi connectivity index (χ1v) is 9.85. The fourth-order valence-corrected chi connectivity index (χ4v) is 4.64. The lowest BCUT2D eigenvalue weighted by Crippen LogP contribution is -2.35. The van der Waals surface area contributed by atoms with Crippen LogP contribution in [-0.4, -0.2) is 33.7 Å². The number of hydrogen-bond acceptors (Lipinski definition) is 4. The third-order valence-electron chi connectivity index (χ3n) is 4.29. The van der Waals surface area contributed by atoms with E-state index in [1.807, 2.05) is 18.2 Å². The first-order chi connectivity index (χ1) is 13.5. The van der Waals surface area contributed by atoms with Crippen LogP contribution in [0.4, 0.5) is 0 Å². The number of terminal acetylenes is 1. The summed E-state index contributed by atoms with van der Waals surface area (Å²) in [5, 5.41) is 0. The summed E-state index contributed by atoms with van der Waals surface area (Å²) in [6, 6.07) is 12.2. The van der Waals surface area contributed by atoms with Crippen LogP contribution in [0.1, 0.15) is 20.7 Å². The van der Waals surface area contributed by atoms with Crippen molar-refractivity contribution in [1.82, 2.24) is 9.47 Å². The molecule has 138 valence electrons. The van der Waals surface area contributed by atoms with E-state index >= 15 is 0 Å². The molecule has 0 fully saturated rings. The van der Waals surface area contributed by atoms with Crippen molar-refractivity contribution in [3.63, 3.8) is 0 Å². The topological polar surface area (TPSA) is 71.7 Å². The highest BCUT2D eigenvalue weighted by Gasteiger charge is 2.36. The molecule has 0 radical (unpaired) electrons. The van der Waals surface area contributed by atoms with Crippen molar-refractivity contribution in [2.75, 3.05) is 6.54 Å². The van der Waals surface area contributed by atoms with Crippen molar-refractivity contribution in [2.24, 2.45) is 4.99 Å². The van der Waals surface area contributed by atoms with E-state index in [4.69, 9.17) is 6.42 Å². The number of imide groups is 1. The fraction of sp³-hybridized carbons (Fsp3) is 0.100. The molecule has 6 nitrogen and oxygen atoms in total.